The average Bonchev–Trinajstić information content (AvgIpc) is 2.53. The van der Waals surface area contributed by atoms with E-state index in [0.717, 1.165) is 60.1 Å². The Morgan fingerprint density at radius 1 is 0.955 bits per heavy atom. The number of phenolic OH excluding ortho intramolecular Hbond substituents is 1. The Morgan fingerprint density at radius 2 is 1.59 bits per heavy atom. The minimum atomic E-state index is 0.429. The standard InChI is InChI=1S/C20H26OS/c1-3-5-10-16-14-18(22)19(15-11-8-7-9-12-15)20(21)17(16)13-6-4-2/h7-9,11-12,14,21-22H,3-6,10,13H2,1-2H3. The molecular formula is C20H26OS. The van der Waals surface area contributed by atoms with Gasteiger partial charge < -0.3 is 5.11 Å². The minimum absolute atomic E-state index is 0.429. The largest absolute Gasteiger partial charge is 0.507 e. The monoisotopic (exact) mass is 314 g/mol. The molecule has 0 amide bonds. The van der Waals surface area contributed by atoms with Crippen LogP contribution in [0.1, 0.15) is 50.7 Å². The highest BCUT2D eigenvalue weighted by molar-refractivity contribution is 7.80. The lowest BCUT2D eigenvalue weighted by Crippen LogP contribution is -1.99. The average molecular weight is 314 g/mol. The van der Waals surface area contributed by atoms with Gasteiger partial charge >= 0.3 is 0 Å². The van der Waals surface area contributed by atoms with Gasteiger partial charge in [-0.05, 0) is 48.4 Å². The van der Waals surface area contributed by atoms with E-state index in [0.29, 0.717) is 5.75 Å². The van der Waals surface area contributed by atoms with E-state index in [4.69, 9.17) is 0 Å². The summed E-state index contributed by atoms with van der Waals surface area (Å²) in [6.07, 6.45) is 6.51. The first-order valence-corrected chi connectivity index (χ1v) is 8.75. The van der Waals surface area contributed by atoms with Crippen molar-refractivity contribution in [3.05, 3.63) is 47.5 Å². The van der Waals surface area contributed by atoms with Gasteiger partial charge in [-0.2, -0.15) is 0 Å². The van der Waals surface area contributed by atoms with Gasteiger partial charge in [-0.25, -0.2) is 0 Å². The molecule has 0 saturated carbocycles. The van der Waals surface area contributed by atoms with Gasteiger partial charge in [0, 0.05) is 10.5 Å². The minimum Gasteiger partial charge on any atom is -0.507 e. The first-order valence-electron chi connectivity index (χ1n) is 8.31. The summed E-state index contributed by atoms with van der Waals surface area (Å²) in [6.45, 7) is 4.39. The van der Waals surface area contributed by atoms with Crippen LogP contribution in [0, 0.1) is 0 Å². The normalized spacial score (nSPS) is 10.9. The van der Waals surface area contributed by atoms with E-state index in [1.807, 2.05) is 30.3 Å². The molecule has 0 bridgehead atoms. The molecule has 0 radical (unpaired) electrons. The van der Waals surface area contributed by atoms with Gasteiger partial charge in [0.25, 0.3) is 0 Å². The second-order valence-corrected chi connectivity index (χ2v) is 6.31. The van der Waals surface area contributed by atoms with E-state index in [1.165, 1.54) is 5.56 Å². The zero-order valence-corrected chi connectivity index (χ0v) is 14.5. The summed E-state index contributed by atoms with van der Waals surface area (Å²) in [6, 6.07) is 12.2. The molecule has 1 nitrogen and oxygen atoms in total. The highest BCUT2D eigenvalue weighted by Gasteiger charge is 2.16. The fraction of sp³-hybridized carbons (Fsp3) is 0.400. The lowest BCUT2D eigenvalue weighted by atomic mass is 9.92. The third-order valence-corrected chi connectivity index (χ3v) is 4.47. The number of unbranched alkanes of at least 4 members (excludes halogenated alkanes) is 2. The number of hydrogen-bond donors (Lipinski definition) is 2. The molecule has 118 valence electrons. The van der Waals surface area contributed by atoms with Gasteiger partial charge in [-0.15, -0.1) is 12.6 Å². The summed E-state index contributed by atoms with van der Waals surface area (Å²) in [5.41, 5.74) is 4.28. The molecule has 0 aliphatic rings. The van der Waals surface area contributed by atoms with E-state index in [9.17, 15) is 5.11 Å². The predicted octanol–water partition coefficient (Wildman–Crippen LogP) is 6.03. The molecule has 0 fully saturated rings. The number of thiol groups is 1. The van der Waals surface area contributed by atoms with E-state index in [-0.39, 0.29) is 0 Å². The Labute approximate surface area is 139 Å². The predicted molar refractivity (Wildman–Crippen MR) is 98.0 cm³/mol. The lowest BCUT2D eigenvalue weighted by Gasteiger charge is -2.17. The molecule has 0 unspecified atom stereocenters. The molecule has 2 heteroatoms. The fourth-order valence-electron chi connectivity index (χ4n) is 2.86. The van der Waals surface area contributed by atoms with Crippen molar-refractivity contribution in [2.75, 3.05) is 0 Å². The summed E-state index contributed by atoms with van der Waals surface area (Å²) in [5.74, 6) is 0.429. The van der Waals surface area contributed by atoms with Gasteiger partial charge in [0.05, 0.1) is 0 Å². The molecule has 0 saturated heterocycles. The first kappa shape index (κ1) is 17.0. The maximum Gasteiger partial charge on any atom is 0.127 e. The number of benzene rings is 2. The quantitative estimate of drug-likeness (QED) is 0.598. The van der Waals surface area contributed by atoms with Crippen molar-refractivity contribution in [1.82, 2.24) is 0 Å². The number of phenols is 1. The lowest BCUT2D eigenvalue weighted by molar-refractivity contribution is 0.466. The third kappa shape index (κ3) is 3.86. The molecule has 0 aliphatic heterocycles. The summed E-state index contributed by atoms with van der Waals surface area (Å²) in [7, 11) is 0. The highest BCUT2D eigenvalue weighted by Crippen LogP contribution is 2.40. The highest BCUT2D eigenvalue weighted by atomic mass is 32.1. The molecule has 0 spiro atoms. The van der Waals surface area contributed by atoms with Gasteiger partial charge in [0.1, 0.15) is 5.75 Å². The Bertz CT molecular complexity index is 605. The Kier molecular flexibility index (Phi) is 6.38. The SMILES string of the molecule is CCCCc1cc(S)c(-c2ccccc2)c(O)c1CCCC. The molecule has 0 aromatic heterocycles. The van der Waals surface area contributed by atoms with Crippen molar-refractivity contribution in [2.45, 2.75) is 57.3 Å². The molecular weight excluding hydrogens is 288 g/mol. The van der Waals surface area contributed by atoms with Crippen LogP contribution >= 0.6 is 12.6 Å². The van der Waals surface area contributed by atoms with E-state index in [1.54, 1.807) is 0 Å². The van der Waals surface area contributed by atoms with Gasteiger partial charge in [0.15, 0.2) is 0 Å². The second kappa shape index (κ2) is 8.28. The van der Waals surface area contributed by atoms with Crippen LogP contribution in [0.15, 0.2) is 41.3 Å². The van der Waals surface area contributed by atoms with Crippen LogP contribution in [0.2, 0.25) is 0 Å². The zero-order valence-electron chi connectivity index (χ0n) is 13.6. The Hall–Kier alpha value is -1.41. The zero-order chi connectivity index (χ0) is 15.9. The van der Waals surface area contributed by atoms with Crippen molar-refractivity contribution >= 4 is 12.6 Å². The number of aryl methyl sites for hydroxylation is 1. The van der Waals surface area contributed by atoms with Crippen LogP contribution in [0.3, 0.4) is 0 Å². The molecule has 0 atom stereocenters. The van der Waals surface area contributed by atoms with Crippen molar-refractivity contribution in [3.63, 3.8) is 0 Å². The van der Waals surface area contributed by atoms with Crippen molar-refractivity contribution < 1.29 is 5.11 Å². The van der Waals surface area contributed by atoms with Crippen molar-refractivity contribution in [2.24, 2.45) is 0 Å². The Balaban J connectivity index is 2.51. The molecule has 0 aliphatic carbocycles. The molecule has 22 heavy (non-hydrogen) atoms. The molecule has 2 aromatic carbocycles. The van der Waals surface area contributed by atoms with Crippen LogP contribution < -0.4 is 0 Å². The van der Waals surface area contributed by atoms with Crippen molar-refractivity contribution in [3.8, 4) is 16.9 Å². The maximum absolute atomic E-state index is 10.9. The van der Waals surface area contributed by atoms with Crippen LogP contribution in [-0.2, 0) is 12.8 Å². The smallest absolute Gasteiger partial charge is 0.127 e. The van der Waals surface area contributed by atoms with E-state index >= 15 is 0 Å². The molecule has 0 heterocycles. The molecule has 1 N–H and O–H groups in total. The number of hydrogen-bond acceptors (Lipinski definition) is 2. The van der Waals surface area contributed by atoms with Crippen LogP contribution in [0.4, 0.5) is 0 Å². The van der Waals surface area contributed by atoms with Crippen LogP contribution in [-0.4, -0.2) is 5.11 Å². The van der Waals surface area contributed by atoms with E-state index < -0.39 is 0 Å². The second-order valence-electron chi connectivity index (χ2n) is 5.83. The Morgan fingerprint density at radius 3 is 2.23 bits per heavy atom. The molecule has 2 aromatic rings. The first-order chi connectivity index (χ1) is 10.7. The summed E-state index contributed by atoms with van der Waals surface area (Å²) < 4.78 is 0. The van der Waals surface area contributed by atoms with E-state index in [2.05, 4.69) is 32.5 Å². The summed E-state index contributed by atoms with van der Waals surface area (Å²) in [4.78, 5) is 0.870. The van der Waals surface area contributed by atoms with Gasteiger partial charge in [0.2, 0.25) is 0 Å². The van der Waals surface area contributed by atoms with Crippen LogP contribution in [0.25, 0.3) is 11.1 Å². The maximum atomic E-state index is 10.9. The number of aromatic hydroxyl groups is 1. The van der Waals surface area contributed by atoms with Crippen molar-refractivity contribution in [1.29, 1.82) is 0 Å². The summed E-state index contributed by atoms with van der Waals surface area (Å²) >= 11 is 4.65. The topological polar surface area (TPSA) is 20.2 Å². The number of rotatable bonds is 7. The molecule has 2 rings (SSSR count). The summed E-state index contributed by atoms with van der Waals surface area (Å²) in [5, 5.41) is 10.9. The third-order valence-electron chi connectivity index (χ3n) is 4.12. The van der Waals surface area contributed by atoms with Gasteiger partial charge in [-0.3, -0.25) is 0 Å². The fourth-order valence-corrected chi connectivity index (χ4v) is 3.25. The van der Waals surface area contributed by atoms with Crippen LogP contribution in [0.5, 0.6) is 5.75 Å². The van der Waals surface area contributed by atoms with Gasteiger partial charge in [-0.1, -0.05) is 57.0 Å².